The Morgan fingerprint density at radius 2 is 1.87 bits per heavy atom. The van der Waals surface area contributed by atoms with Crippen molar-refractivity contribution in [3.8, 4) is 0 Å². The van der Waals surface area contributed by atoms with Crippen LogP contribution in [0.1, 0.15) is 47.0 Å². The maximum atomic E-state index is 12.0. The van der Waals surface area contributed by atoms with Crippen LogP contribution in [0.25, 0.3) is 0 Å². The van der Waals surface area contributed by atoms with Crippen molar-refractivity contribution in [2.75, 3.05) is 0 Å². The van der Waals surface area contributed by atoms with E-state index in [-0.39, 0.29) is 22.3 Å². The van der Waals surface area contributed by atoms with E-state index in [1.54, 1.807) is 0 Å². The van der Waals surface area contributed by atoms with Gasteiger partial charge < -0.3 is 5.32 Å². The molecule has 1 amide bonds. The van der Waals surface area contributed by atoms with Gasteiger partial charge in [-0.25, -0.2) is 0 Å². The fourth-order valence-corrected chi connectivity index (χ4v) is 3.48. The van der Waals surface area contributed by atoms with Gasteiger partial charge in [0.05, 0.1) is 5.54 Å². The first-order valence-electron chi connectivity index (χ1n) is 5.57. The van der Waals surface area contributed by atoms with Crippen molar-refractivity contribution >= 4 is 11.7 Å². The van der Waals surface area contributed by atoms with Gasteiger partial charge in [0.2, 0.25) is 5.91 Å². The smallest absolute Gasteiger partial charge is 0.217 e. The summed E-state index contributed by atoms with van der Waals surface area (Å²) >= 11 is 0. The summed E-state index contributed by atoms with van der Waals surface area (Å²) in [6.45, 7) is 7.80. The molecule has 2 fully saturated rings. The summed E-state index contributed by atoms with van der Waals surface area (Å²) in [4.78, 5) is 23.3. The van der Waals surface area contributed by atoms with E-state index in [1.807, 2.05) is 6.92 Å². The Labute approximate surface area is 90.6 Å². The van der Waals surface area contributed by atoms with Crippen LogP contribution in [-0.4, -0.2) is 17.2 Å². The fourth-order valence-electron chi connectivity index (χ4n) is 3.48. The zero-order valence-corrected chi connectivity index (χ0v) is 9.94. The summed E-state index contributed by atoms with van der Waals surface area (Å²) in [5.74, 6) is 0.287. The first kappa shape index (κ1) is 10.7. The molecule has 0 spiro atoms. The Bertz CT molecular complexity index is 344. The van der Waals surface area contributed by atoms with Gasteiger partial charge >= 0.3 is 0 Å². The van der Waals surface area contributed by atoms with E-state index in [0.717, 1.165) is 12.8 Å². The predicted molar refractivity (Wildman–Crippen MR) is 57.3 cm³/mol. The summed E-state index contributed by atoms with van der Waals surface area (Å²) in [6.07, 6.45) is 2.34. The molecule has 0 aromatic rings. The van der Waals surface area contributed by atoms with E-state index in [1.165, 1.54) is 6.92 Å². The van der Waals surface area contributed by atoms with E-state index in [4.69, 9.17) is 0 Å². The topological polar surface area (TPSA) is 46.2 Å². The second-order valence-corrected chi connectivity index (χ2v) is 5.82. The van der Waals surface area contributed by atoms with Crippen molar-refractivity contribution in [1.82, 2.24) is 5.32 Å². The SMILES string of the molecule is CC(=O)N[C@]12CC[C@](C)(C(=O)C1)C2(C)C. The minimum atomic E-state index is -0.287. The van der Waals surface area contributed by atoms with Gasteiger partial charge in [-0.15, -0.1) is 0 Å². The highest BCUT2D eigenvalue weighted by Crippen LogP contribution is 2.65. The van der Waals surface area contributed by atoms with Crippen LogP contribution in [0, 0.1) is 10.8 Å². The second-order valence-electron chi connectivity index (χ2n) is 5.82. The summed E-state index contributed by atoms with van der Waals surface area (Å²) in [5.41, 5.74) is -0.650. The maximum absolute atomic E-state index is 12.0. The Hall–Kier alpha value is -0.860. The lowest BCUT2D eigenvalue weighted by Gasteiger charge is -2.40. The Morgan fingerprint density at radius 3 is 2.20 bits per heavy atom. The van der Waals surface area contributed by atoms with Gasteiger partial charge in [-0.2, -0.15) is 0 Å². The molecular formula is C12H19NO2. The molecule has 1 N–H and O–H groups in total. The van der Waals surface area contributed by atoms with E-state index in [9.17, 15) is 9.59 Å². The lowest BCUT2D eigenvalue weighted by molar-refractivity contribution is -0.128. The molecule has 0 aliphatic heterocycles. The van der Waals surface area contributed by atoms with Crippen LogP contribution in [-0.2, 0) is 9.59 Å². The highest BCUT2D eigenvalue weighted by atomic mass is 16.2. The van der Waals surface area contributed by atoms with E-state index >= 15 is 0 Å². The molecule has 3 heteroatoms. The summed E-state index contributed by atoms with van der Waals surface area (Å²) in [7, 11) is 0. The summed E-state index contributed by atoms with van der Waals surface area (Å²) in [5, 5.41) is 3.03. The number of Topliss-reactive ketones (excluding diaryl/α,β-unsaturated/α-hetero) is 1. The molecule has 2 atom stereocenters. The molecule has 2 rings (SSSR count). The van der Waals surface area contributed by atoms with Gasteiger partial charge in [-0.05, 0) is 12.8 Å². The third kappa shape index (κ3) is 1.01. The van der Waals surface area contributed by atoms with Crippen molar-refractivity contribution in [1.29, 1.82) is 0 Å². The Morgan fingerprint density at radius 1 is 1.27 bits per heavy atom. The highest BCUT2D eigenvalue weighted by Gasteiger charge is 2.69. The van der Waals surface area contributed by atoms with Crippen molar-refractivity contribution in [3.05, 3.63) is 0 Å². The average Bonchev–Trinajstić information content (AvgIpc) is 2.33. The van der Waals surface area contributed by atoms with Crippen LogP contribution in [0.15, 0.2) is 0 Å². The molecule has 0 saturated heterocycles. The molecule has 2 aliphatic rings. The Balaban J connectivity index is 2.44. The molecular weight excluding hydrogens is 190 g/mol. The molecule has 15 heavy (non-hydrogen) atoms. The number of rotatable bonds is 1. The van der Waals surface area contributed by atoms with E-state index < -0.39 is 0 Å². The van der Waals surface area contributed by atoms with Crippen LogP contribution in [0.3, 0.4) is 0 Å². The van der Waals surface area contributed by atoms with Gasteiger partial charge in [0, 0.05) is 24.2 Å². The van der Waals surface area contributed by atoms with Crippen molar-refractivity contribution in [3.63, 3.8) is 0 Å². The summed E-state index contributed by atoms with van der Waals surface area (Å²) < 4.78 is 0. The quantitative estimate of drug-likeness (QED) is 0.714. The lowest BCUT2D eigenvalue weighted by Crippen LogP contribution is -2.53. The van der Waals surface area contributed by atoms with Crippen molar-refractivity contribution < 1.29 is 9.59 Å². The molecule has 84 valence electrons. The number of hydrogen-bond donors (Lipinski definition) is 1. The number of nitrogens with one attached hydrogen (secondary N) is 1. The fraction of sp³-hybridized carbons (Fsp3) is 0.833. The number of fused-ring (bicyclic) bond motifs is 2. The first-order chi connectivity index (χ1) is 6.75. The van der Waals surface area contributed by atoms with Crippen LogP contribution in [0.5, 0.6) is 0 Å². The number of carbonyl (C=O) groups excluding carboxylic acids is 2. The number of carbonyl (C=O) groups is 2. The molecule has 2 bridgehead atoms. The van der Waals surface area contributed by atoms with E-state index in [0.29, 0.717) is 12.2 Å². The number of ketones is 1. The number of hydrogen-bond acceptors (Lipinski definition) is 2. The average molecular weight is 209 g/mol. The largest absolute Gasteiger partial charge is 0.350 e. The molecule has 2 aliphatic carbocycles. The molecule has 0 heterocycles. The molecule has 0 aromatic carbocycles. The predicted octanol–water partition coefficient (Wildman–Crippen LogP) is 1.66. The normalized spacial score (nSPS) is 42.0. The Kier molecular flexibility index (Phi) is 1.87. The molecule has 3 nitrogen and oxygen atoms in total. The van der Waals surface area contributed by atoms with Crippen molar-refractivity contribution in [2.24, 2.45) is 10.8 Å². The number of amides is 1. The van der Waals surface area contributed by atoms with Crippen molar-refractivity contribution in [2.45, 2.75) is 52.5 Å². The van der Waals surface area contributed by atoms with Gasteiger partial charge in [0.15, 0.2) is 0 Å². The van der Waals surface area contributed by atoms with Crippen LogP contribution >= 0.6 is 0 Å². The van der Waals surface area contributed by atoms with Crippen LogP contribution in [0.2, 0.25) is 0 Å². The van der Waals surface area contributed by atoms with E-state index in [2.05, 4.69) is 19.2 Å². The zero-order chi connectivity index (χ0) is 11.5. The molecule has 0 aromatic heterocycles. The van der Waals surface area contributed by atoms with Crippen LogP contribution in [0.4, 0.5) is 0 Å². The highest BCUT2D eigenvalue weighted by molar-refractivity contribution is 5.92. The monoisotopic (exact) mass is 209 g/mol. The third-order valence-electron chi connectivity index (χ3n) is 5.12. The summed E-state index contributed by atoms with van der Waals surface area (Å²) in [6, 6.07) is 0. The maximum Gasteiger partial charge on any atom is 0.217 e. The zero-order valence-electron chi connectivity index (χ0n) is 9.94. The molecule has 0 radical (unpaired) electrons. The minimum absolute atomic E-state index is 0.0259. The van der Waals surface area contributed by atoms with Gasteiger partial charge in [-0.3, -0.25) is 9.59 Å². The van der Waals surface area contributed by atoms with Crippen LogP contribution < -0.4 is 5.32 Å². The lowest BCUT2D eigenvalue weighted by atomic mass is 9.68. The van der Waals surface area contributed by atoms with Gasteiger partial charge in [0.25, 0.3) is 0 Å². The van der Waals surface area contributed by atoms with Gasteiger partial charge in [-0.1, -0.05) is 20.8 Å². The molecule has 0 unspecified atom stereocenters. The third-order valence-corrected chi connectivity index (χ3v) is 5.12. The molecule has 2 saturated carbocycles. The van der Waals surface area contributed by atoms with Gasteiger partial charge in [0.1, 0.15) is 5.78 Å². The minimum Gasteiger partial charge on any atom is -0.350 e. The first-order valence-corrected chi connectivity index (χ1v) is 5.57. The second kappa shape index (κ2) is 2.63. The standard InChI is InChI=1S/C12H19NO2/c1-8(14)13-12-6-5-11(4,9(15)7-12)10(12,2)3/h5-7H2,1-4H3,(H,13,14)/t11-,12-/m1/s1.